The molecule has 72 valence electrons. The second-order valence-corrected chi connectivity index (χ2v) is 5.60. The summed E-state index contributed by atoms with van der Waals surface area (Å²) >= 11 is 5.18. The summed E-state index contributed by atoms with van der Waals surface area (Å²) in [6.07, 6.45) is 4.29. The Morgan fingerprint density at radius 2 is 2.31 bits per heavy atom. The Kier molecular flexibility index (Phi) is 4.70. The Hall–Kier alpha value is -0.120. The van der Waals surface area contributed by atoms with Crippen molar-refractivity contribution in [2.45, 2.75) is 19.9 Å². The highest BCUT2D eigenvalue weighted by atomic mass is 79.9. The average Bonchev–Trinajstić information content (AvgIpc) is 2.45. The van der Waals surface area contributed by atoms with Crippen molar-refractivity contribution in [2.24, 2.45) is 0 Å². The van der Waals surface area contributed by atoms with Crippen molar-refractivity contribution in [3.8, 4) is 0 Å². The van der Waals surface area contributed by atoms with E-state index in [1.165, 1.54) is 8.66 Å². The van der Waals surface area contributed by atoms with Gasteiger partial charge in [0, 0.05) is 17.5 Å². The van der Waals surface area contributed by atoms with E-state index in [4.69, 9.17) is 0 Å². The maximum atomic E-state index is 3.43. The van der Waals surface area contributed by atoms with Crippen molar-refractivity contribution in [1.29, 1.82) is 0 Å². The first-order valence-electron chi connectivity index (χ1n) is 4.34. The van der Waals surface area contributed by atoms with Gasteiger partial charge in [-0.15, -0.1) is 11.3 Å². The molecule has 0 bridgehead atoms. The zero-order chi connectivity index (χ0) is 9.68. The standard InChI is InChI=1S/C10H14BrNS/c1-8(2)12-7-3-4-9-5-6-10(11)13-9/h3-6,8,12H,7H2,1-2H3. The smallest absolute Gasteiger partial charge is 0.0704 e. The van der Waals surface area contributed by atoms with Crippen LogP contribution in [0.15, 0.2) is 22.0 Å². The summed E-state index contributed by atoms with van der Waals surface area (Å²) in [6.45, 7) is 5.23. The molecule has 0 aliphatic carbocycles. The van der Waals surface area contributed by atoms with Crippen LogP contribution in [0.1, 0.15) is 18.7 Å². The third-order valence-corrected chi connectivity index (χ3v) is 3.11. The topological polar surface area (TPSA) is 12.0 Å². The van der Waals surface area contributed by atoms with Crippen LogP contribution in [0, 0.1) is 0 Å². The van der Waals surface area contributed by atoms with E-state index in [2.05, 4.69) is 59.4 Å². The zero-order valence-corrected chi connectivity index (χ0v) is 10.3. The summed E-state index contributed by atoms with van der Waals surface area (Å²) in [6, 6.07) is 4.74. The number of hydrogen-bond acceptors (Lipinski definition) is 2. The molecule has 1 heterocycles. The van der Waals surface area contributed by atoms with E-state index in [1.807, 2.05) is 0 Å². The predicted octanol–water partition coefficient (Wildman–Crippen LogP) is 3.52. The van der Waals surface area contributed by atoms with Crippen LogP contribution < -0.4 is 5.32 Å². The van der Waals surface area contributed by atoms with Gasteiger partial charge in [-0.2, -0.15) is 0 Å². The van der Waals surface area contributed by atoms with Crippen LogP contribution in [0.4, 0.5) is 0 Å². The first-order valence-corrected chi connectivity index (χ1v) is 5.94. The first-order chi connectivity index (χ1) is 6.18. The lowest BCUT2D eigenvalue weighted by atomic mass is 10.3. The number of nitrogens with one attached hydrogen (secondary N) is 1. The highest BCUT2D eigenvalue weighted by molar-refractivity contribution is 9.11. The Morgan fingerprint density at radius 3 is 2.85 bits per heavy atom. The molecule has 0 fully saturated rings. The Labute approximate surface area is 92.0 Å². The van der Waals surface area contributed by atoms with Crippen molar-refractivity contribution < 1.29 is 0 Å². The second kappa shape index (κ2) is 5.58. The van der Waals surface area contributed by atoms with E-state index in [0.29, 0.717) is 6.04 Å². The number of rotatable bonds is 4. The molecule has 0 radical (unpaired) electrons. The van der Waals surface area contributed by atoms with Gasteiger partial charge < -0.3 is 5.32 Å². The Balaban J connectivity index is 2.32. The maximum Gasteiger partial charge on any atom is 0.0704 e. The van der Waals surface area contributed by atoms with Crippen molar-refractivity contribution in [3.63, 3.8) is 0 Å². The summed E-state index contributed by atoms with van der Waals surface area (Å²) in [7, 11) is 0. The van der Waals surface area contributed by atoms with E-state index in [0.717, 1.165) is 6.54 Å². The van der Waals surface area contributed by atoms with E-state index < -0.39 is 0 Å². The van der Waals surface area contributed by atoms with E-state index in [9.17, 15) is 0 Å². The SMILES string of the molecule is CC(C)NCC=Cc1ccc(Br)s1. The molecular weight excluding hydrogens is 246 g/mol. The van der Waals surface area contributed by atoms with E-state index in [1.54, 1.807) is 11.3 Å². The molecule has 0 aromatic carbocycles. The fourth-order valence-corrected chi connectivity index (χ4v) is 2.25. The van der Waals surface area contributed by atoms with Crippen molar-refractivity contribution in [3.05, 3.63) is 26.9 Å². The highest BCUT2D eigenvalue weighted by Gasteiger charge is 1.92. The van der Waals surface area contributed by atoms with Crippen LogP contribution in [0.25, 0.3) is 6.08 Å². The third-order valence-electron chi connectivity index (χ3n) is 1.52. The highest BCUT2D eigenvalue weighted by Crippen LogP contribution is 2.22. The number of halogens is 1. The Morgan fingerprint density at radius 1 is 1.54 bits per heavy atom. The molecule has 0 spiro atoms. The van der Waals surface area contributed by atoms with Crippen molar-refractivity contribution in [2.75, 3.05) is 6.54 Å². The molecular formula is C10H14BrNS. The molecule has 0 aliphatic rings. The second-order valence-electron chi connectivity index (χ2n) is 3.11. The lowest BCUT2D eigenvalue weighted by Crippen LogP contribution is -2.22. The quantitative estimate of drug-likeness (QED) is 0.873. The first kappa shape index (κ1) is 11.0. The fraction of sp³-hybridized carbons (Fsp3) is 0.400. The molecule has 3 heteroatoms. The van der Waals surface area contributed by atoms with E-state index in [-0.39, 0.29) is 0 Å². The van der Waals surface area contributed by atoms with Crippen molar-refractivity contribution >= 4 is 33.3 Å². The summed E-state index contributed by atoms with van der Waals surface area (Å²) in [5, 5.41) is 3.33. The van der Waals surface area contributed by atoms with Crippen LogP contribution in [-0.4, -0.2) is 12.6 Å². The minimum atomic E-state index is 0.555. The molecule has 1 aromatic rings. The monoisotopic (exact) mass is 259 g/mol. The lowest BCUT2D eigenvalue weighted by molar-refractivity contribution is 0.633. The van der Waals surface area contributed by atoms with Crippen LogP contribution in [0.2, 0.25) is 0 Å². The Bertz CT molecular complexity index is 278. The van der Waals surface area contributed by atoms with Gasteiger partial charge in [-0.1, -0.05) is 19.9 Å². The van der Waals surface area contributed by atoms with Crippen LogP contribution in [-0.2, 0) is 0 Å². The van der Waals surface area contributed by atoms with Crippen LogP contribution in [0.5, 0.6) is 0 Å². The van der Waals surface area contributed by atoms with Gasteiger partial charge in [-0.3, -0.25) is 0 Å². The molecule has 0 saturated carbocycles. The van der Waals surface area contributed by atoms with Gasteiger partial charge in [0.1, 0.15) is 0 Å². The third kappa shape index (κ3) is 4.60. The zero-order valence-electron chi connectivity index (χ0n) is 7.88. The number of thiophene rings is 1. The summed E-state index contributed by atoms with van der Waals surface area (Å²) in [4.78, 5) is 1.29. The van der Waals surface area contributed by atoms with Crippen molar-refractivity contribution in [1.82, 2.24) is 5.32 Å². The molecule has 0 aliphatic heterocycles. The lowest BCUT2D eigenvalue weighted by Gasteiger charge is -2.02. The van der Waals surface area contributed by atoms with Gasteiger partial charge >= 0.3 is 0 Å². The maximum absolute atomic E-state index is 3.43. The minimum absolute atomic E-state index is 0.555. The molecule has 0 unspecified atom stereocenters. The molecule has 13 heavy (non-hydrogen) atoms. The molecule has 1 aromatic heterocycles. The molecule has 1 nitrogen and oxygen atoms in total. The van der Waals surface area contributed by atoms with Gasteiger partial charge in [0.15, 0.2) is 0 Å². The molecule has 1 rings (SSSR count). The normalized spacial score (nSPS) is 11.7. The summed E-state index contributed by atoms with van der Waals surface area (Å²) < 4.78 is 1.18. The van der Waals surface area contributed by atoms with Gasteiger partial charge in [-0.05, 0) is 34.1 Å². The average molecular weight is 260 g/mol. The van der Waals surface area contributed by atoms with Gasteiger partial charge in [0.25, 0.3) is 0 Å². The molecule has 0 amide bonds. The largest absolute Gasteiger partial charge is 0.311 e. The minimum Gasteiger partial charge on any atom is -0.311 e. The fourth-order valence-electron chi connectivity index (χ4n) is 0.897. The van der Waals surface area contributed by atoms with Gasteiger partial charge in [-0.25, -0.2) is 0 Å². The van der Waals surface area contributed by atoms with Gasteiger partial charge in [0.2, 0.25) is 0 Å². The van der Waals surface area contributed by atoms with E-state index >= 15 is 0 Å². The summed E-state index contributed by atoms with van der Waals surface area (Å²) in [5.41, 5.74) is 0. The molecule has 1 N–H and O–H groups in total. The van der Waals surface area contributed by atoms with Gasteiger partial charge in [0.05, 0.1) is 3.79 Å². The van der Waals surface area contributed by atoms with Crippen LogP contribution >= 0.6 is 27.3 Å². The summed E-state index contributed by atoms with van der Waals surface area (Å²) in [5.74, 6) is 0. The molecule has 0 saturated heterocycles. The van der Waals surface area contributed by atoms with Crippen LogP contribution in [0.3, 0.4) is 0 Å². The predicted molar refractivity (Wildman–Crippen MR) is 64.2 cm³/mol. The number of hydrogen-bond donors (Lipinski definition) is 1. The molecule has 0 atom stereocenters.